The van der Waals surface area contributed by atoms with Crippen molar-refractivity contribution in [3.63, 3.8) is 0 Å². The van der Waals surface area contributed by atoms with Crippen LogP contribution in [0.3, 0.4) is 0 Å². The van der Waals surface area contributed by atoms with E-state index >= 15 is 0 Å². The number of rotatable bonds is 1. The van der Waals surface area contributed by atoms with Gasteiger partial charge in [0.05, 0.1) is 4.92 Å². The van der Waals surface area contributed by atoms with Crippen LogP contribution in [0.5, 0.6) is 0 Å². The van der Waals surface area contributed by atoms with Crippen LogP contribution in [0.2, 0.25) is 0 Å². The minimum absolute atomic E-state index is 0.243. The molecule has 0 aromatic carbocycles. The molecule has 0 radical (unpaired) electrons. The second kappa shape index (κ2) is 3.14. The number of hydrogen-bond acceptors (Lipinski definition) is 3. The van der Waals surface area contributed by atoms with Gasteiger partial charge < -0.3 is 0 Å². The summed E-state index contributed by atoms with van der Waals surface area (Å²) in [5.74, 6) is -1.05. The highest BCUT2D eigenvalue weighted by molar-refractivity contribution is 9.10. The summed E-state index contributed by atoms with van der Waals surface area (Å²) in [7, 11) is 0. The summed E-state index contributed by atoms with van der Waals surface area (Å²) in [5.41, 5.74) is -0.336. The van der Waals surface area contributed by atoms with Crippen molar-refractivity contribution in [3.8, 4) is 0 Å². The number of hydrogen-bond donors (Lipinski definition) is 0. The highest BCUT2D eigenvalue weighted by Gasteiger charge is 2.20. The summed E-state index contributed by atoms with van der Waals surface area (Å²) < 4.78 is 13.1. The first kappa shape index (κ1) is 9.05. The molecule has 1 heterocycles. The zero-order valence-corrected chi connectivity index (χ0v) is 7.63. The van der Waals surface area contributed by atoms with Crippen molar-refractivity contribution in [2.24, 2.45) is 0 Å². The fourth-order valence-corrected chi connectivity index (χ4v) is 1.04. The molecule has 0 fully saturated rings. The quantitative estimate of drug-likeness (QED) is 0.426. The molecule has 0 amide bonds. The summed E-state index contributed by atoms with van der Waals surface area (Å²) in [5, 5.41) is 10.3. The van der Waals surface area contributed by atoms with E-state index in [1.807, 2.05) is 0 Å². The van der Waals surface area contributed by atoms with Crippen molar-refractivity contribution in [2.45, 2.75) is 6.92 Å². The van der Waals surface area contributed by atoms with Gasteiger partial charge in [0.15, 0.2) is 0 Å². The Kier molecular flexibility index (Phi) is 2.37. The maximum absolute atomic E-state index is 12.7. The van der Waals surface area contributed by atoms with E-state index in [4.69, 9.17) is 0 Å². The van der Waals surface area contributed by atoms with Gasteiger partial charge in [-0.05, 0) is 22.9 Å². The second-order valence-corrected chi connectivity index (χ2v) is 2.98. The summed E-state index contributed by atoms with van der Waals surface area (Å²) >= 11 is 3.01. The minimum atomic E-state index is -1.05. The number of pyridine rings is 1. The zero-order valence-electron chi connectivity index (χ0n) is 6.04. The third kappa shape index (κ3) is 1.42. The number of nitro groups is 1. The molecule has 1 aromatic heterocycles. The molecule has 1 aromatic rings. The van der Waals surface area contributed by atoms with Crippen molar-refractivity contribution in [2.75, 3.05) is 0 Å². The number of nitrogens with zero attached hydrogens (tertiary/aromatic N) is 2. The molecule has 64 valence electrons. The highest BCUT2D eigenvalue weighted by atomic mass is 79.9. The van der Waals surface area contributed by atoms with Crippen molar-refractivity contribution >= 4 is 21.6 Å². The predicted octanol–water partition coefficient (Wildman–Crippen LogP) is 2.20. The van der Waals surface area contributed by atoms with Gasteiger partial charge in [-0.2, -0.15) is 4.39 Å². The van der Waals surface area contributed by atoms with E-state index in [0.717, 1.165) is 0 Å². The van der Waals surface area contributed by atoms with Gasteiger partial charge in [-0.1, -0.05) is 0 Å². The molecular formula is C6H4BrFN2O2. The molecule has 0 saturated carbocycles. The van der Waals surface area contributed by atoms with Crippen LogP contribution in [0.1, 0.15) is 5.56 Å². The molecule has 0 saturated heterocycles. The van der Waals surface area contributed by atoms with Gasteiger partial charge in [0.1, 0.15) is 0 Å². The minimum Gasteiger partial charge on any atom is -0.258 e. The van der Waals surface area contributed by atoms with Crippen molar-refractivity contribution < 1.29 is 9.31 Å². The van der Waals surface area contributed by atoms with Crippen LogP contribution < -0.4 is 0 Å². The van der Waals surface area contributed by atoms with Gasteiger partial charge in [-0.25, -0.2) is 4.98 Å². The standard InChI is InChI=1S/C6H4BrFN2O2/c1-3-4(7)2-9-6(8)5(3)10(11)12/h2H,1H3. The smallest absolute Gasteiger partial charge is 0.258 e. The van der Waals surface area contributed by atoms with Gasteiger partial charge in [-0.3, -0.25) is 10.1 Å². The number of aromatic nitrogens is 1. The van der Waals surface area contributed by atoms with E-state index in [9.17, 15) is 14.5 Å². The van der Waals surface area contributed by atoms with Crippen molar-refractivity contribution in [1.29, 1.82) is 0 Å². The molecule has 0 bridgehead atoms. The van der Waals surface area contributed by atoms with Crippen LogP contribution in [0.25, 0.3) is 0 Å². The highest BCUT2D eigenvalue weighted by Crippen LogP contribution is 2.26. The lowest BCUT2D eigenvalue weighted by Gasteiger charge is -1.98. The molecule has 0 N–H and O–H groups in total. The van der Waals surface area contributed by atoms with Crippen molar-refractivity contribution in [3.05, 3.63) is 32.3 Å². The Morgan fingerprint density at radius 3 is 2.75 bits per heavy atom. The van der Waals surface area contributed by atoms with Gasteiger partial charge in [-0.15, -0.1) is 0 Å². The predicted molar refractivity (Wildman–Crippen MR) is 43.3 cm³/mol. The van der Waals surface area contributed by atoms with Crippen LogP contribution in [-0.2, 0) is 0 Å². The summed E-state index contributed by atoms with van der Waals surface area (Å²) in [6, 6.07) is 0. The Morgan fingerprint density at radius 1 is 1.75 bits per heavy atom. The third-order valence-corrected chi connectivity index (χ3v) is 2.18. The SMILES string of the molecule is Cc1c(Br)cnc(F)c1[N+](=O)[O-]. The molecule has 4 nitrogen and oxygen atoms in total. The van der Waals surface area contributed by atoms with Gasteiger partial charge >= 0.3 is 5.69 Å². The van der Waals surface area contributed by atoms with Crippen LogP contribution in [0.15, 0.2) is 10.7 Å². The average Bonchev–Trinajstić information content (AvgIpc) is 1.97. The Hall–Kier alpha value is -1.04. The van der Waals surface area contributed by atoms with E-state index in [2.05, 4.69) is 20.9 Å². The Bertz CT molecular complexity index is 343. The van der Waals surface area contributed by atoms with E-state index in [1.54, 1.807) is 0 Å². The first-order valence-corrected chi connectivity index (χ1v) is 3.78. The maximum Gasteiger partial charge on any atom is 0.327 e. The molecule has 0 aliphatic carbocycles. The lowest BCUT2D eigenvalue weighted by Crippen LogP contribution is -1.98. The average molecular weight is 235 g/mol. The van der Waals surface area contributed by atoms with Crippen LogP contribution in [-0.4, -0.2) is 9.91 Å². The molecule has 0 aliphatic rings. The monoisotopic (exact) mass is 234 g/mol. The number of halogens is 2. The molecule has 0 unspecified atom stereocenters. The van der Waals surface area contributed by atoms with E-state index in [1.165, 1.54) is 13.1 Å². The van der Waals surface area contributed by atoms with Gasteiger partial charge in [0.2, 0.25) is 0 Å². The molecule has 0 aliphatic heterocycles. The van der Waals surface area contributed by atoms with Crippen LogP contribution in [0, 0.1) is 23.0 Å². The van der Waals surface area contributed by atoms with E-state index in [-0.39, 0.29) is 5.56 Å². The summed E-state index contributed by atoms with van der Waals surface area (Å²) in [6.45, 7) is 1.45. The van der Waals surface area contributed by atoms with Crippen LogP contribution >= 0.6 is 15.9 Å². The van der Waals surface area contributed by atoms with Crippen LogP contribution in [0.4, 0.5) is 10.1 Å². The zero-order chi connectivity index (χ0) is 9.30. The molecule has 0 atom stereocenters. The molecule has 0 spiro atoms. The normalized spacial score (nSPS) is 9.92. The first-order valence-electron chi connectivity index (χ1n) is 2.99. The second-order valence-electron chi connectivity index (χ2n) is 2.13. The van der Waals surface area contributed by atoms with E-state index < -0.39 is 16.6 Å². The van der Waals surface area contributed by atoms with E-state index in [0.29, 0.717) is 4.47 Å². The molecule has 1 rings (SSSR count). The fraction of sp³-hybridized carbons (Fsp3) is 0.167. The first-order chi connectivity index (χ1) is 5.54. The summed E-state index contributed by atoms with van der Waals surface area (Å²) in [6.07, 6.45) is 1.19. The lowest BCUT2D eigenvalue weighted by atomic mass is 10.2. The Balaban J connectivity index is 3.43. The Morgan fingerprint density at radius 2 is 2.33 bits per heavy atom. The van der Waals surface area contributed by atoms with Gasteiger partial charge in [0, 0.05) is 16.2 Å². The van der Waals surface area contributed by atoms with Gasteiger partial charge in [0.25, 0.3) is 5.95 Å². The molecule has 6 heteroatoms. The van der Waals surface area contributed by atoms with Crippen molar-refractivity contribution in [1.82, 2.24) is 4.98 Å². The maximum atomic E-state index is 12.7. The molecule has 12 heavy (non-hydrogen) atoms. The Labute approximate surface area is 75.7 Å². The topological polar surface area (TPSA) is 56.0 Å². The largest absolute Gasteiger partial charge is 0.327 e. The summed E-state index contributed by atoms with van der Waals surface area (Å²) in [4.78, 5) is 12.7. The lowest BCUT2D eigenvalue weighted by molar-refractivity contribution is -0.388. The fourth-order valence-electron chi connectivity index (χ4n) is 0.751. The molecular weight excluding hydrogens is 231 g/mol. The third-order valence-electron chi connectivity index (χ3n) is 1.38.